The van der Waals surface area contributed by atoms with Gasteiger partial charge in [-0.3, -0.25) is 14.4 Å². The molecule has 1 atom stereocenters. The Morgan fingerprint density at radius 3 is 0.925 bits per heavy atom. The highest BCUT2D eigenvalue weighted by Gasteiger charge is 2.19. The van der Waals surface area contributed by atoms with Crippen molar-refractivity contribution in [3.63, 3.8) is 0 Å². The van der Waals surface area contributed by atoms with Crippen molar-refractivity contribution in [1.82, 2.24) is 0 Å². The van der Waals surface area contributed by atoms with Crippen LogP contribution in [0, 0.1) is 0 Å². The van der Waals surface area contributed by atoms with Crippen LogP contribution in [-0.4, -0.2) is 37.2 Å². The van der Waals surface area contributed by atoms with Crippen molar-refractivity contribution in [2.75, 3.05) is 13.2 Å². The first-order valence-electron chi connectivity index (χ1n) is 28.8. The summed E-state index contributed by atoms with van der Waals surface area (Å²) in [6.45, 7) is 6.51. The molecule has 0 radical (unpaired) electrons. The number of esters is 3. The van der Waals surface area contributed by atoms with E-state index >= 15 is 0 Å². The molecular formula is C61H108O6. The molecule has 0 aromatic heterocycles. The van der Waals surface area contributed by atoms with Crippen molar-refractivity contribution in [1.29, 1.82) is 0 Å². The number of unbranched alkanes of at least 4 members (excludes halogenated alkanes) is 31. The molecule has 0 saturated heterocycles. The fourth-order valence-electron chi connectivity index (χ4n) is 8.19. The second kappa shape index (κ2) is 55.7. The van der Waals surface area contributed by atoms with Crippen LogP contribution < -0.4 is 0 Å². The molecule has 0 amide bonds. The van der Waals surface area contributed by atoms with Crippen molar-refractivity contribution in [3.05, 3.63) is 60.8 Å². The molecule has 67 heavy (non-hydrogen) atoms. The van der Waals surface area contributed by atoms with E-state index in [0.717, 1.165) is 89.9 Å². The maximum atomic E-state index is 12.8. The Morgan fingerprint density at radius 1 is 0.313 bits per heavy atom. The normalized spacial score (nSPS) is 12.5. The monoisotopic (exact) mass is 937 g/mol. The Labute approximate surface area is 415 Å². The average molecular weight is 938 g/mol. The number of ether oxygens (including phenoxy) is 3. The van der Waals surface area contributed by atoms with Crippen molar-refractivity contribution < 1.29 is 28.6 Å². The van der Waals surface area contributed by atoms with E-state index in [2.05, 4.69) is 81.5 Å². The molecule has 0 aliphatic carbocycles. The second-order valence-corrected chi connectivity index (χ2v) is 19.2. The van der Waals surface area contributed by atoms with E-state index in [4.69, 9.17) is 14.2 Å². The molecule has 0 saturated carbocycles. The van der Waals surface area contributed by atoms with Crippen LogP contribution in [0.1, 0.15) is 290 Å². The minimum absolute atomic E-state index is 0.0841. The van der Waals surface area contributed by atoms with Crippen LogP contribution in [0.15, 0.2) is 60.8 Å². The molecule has 0 aromatic carbocycles. The summed E-state index contributed by atoms with van der Waals surface area (Å²) in [5.74, 6) is -0.906. The van der Waals surface area contributed by atoms with Crippen LogP contribution in [0.3, 0.4) is 0 Å². The number of hydrogen-bond donors (Lipinski definition) is 0. The van der Waals surface area contributed by atoms with Crippen LogP contribution in [0.2, 0.25) is 0 Å². The topological polar surface area (TPSA) is 78.9 Å². The van der Waals surface area contributed by atoms with E-state index in [1.165, 1.54) is 161 Å². The van der Waals surface area contributed by atoms with Gasteiger partial charge in [-0.05, 0) is 83.5 Å². The van der Waals surface area contributed by atoms with E-state index < -0.39 is 6.10 Å². The van der Waals surface area contributed by atoms with Gasteiger partial charge in [-0.2, -0.15) is 0 Å². The summed E-state index contributed by atoms with van der Waals surface area (Å²) in [5, 5.41) is 0. The molecule has 6 nitrogen and oxygen atoms in total. The highest BCUT2D eigenvalue weighted by molar-refractivity contribution is 5.71. The summed E-state index contributed by atoms with van der Waals surface area (Å²) in [4.78, 5) is 38.1. The van der Waals surface area contributed by atoms with E-state index in [1.807, 2.05) is 0 Å². The minimum atomic E-state index is -0.788. The van der Waals surface area contributed by atoms with Gasteiger partial charge in [-0.15, -0.1) is 0 Å². The molecule has 0 aromatic rings. The highest BCUT2D eigenvalue weighted by Crippen LogP contribution is 2.16. The van der Waals surface area contributed by atoms with Crippen LogP contribution >= 0.6 is 0 Å². The lowest BCUT2D eigenvalue weighted by Gasteiger charge is -2.18. The third kappa shape index (κ3) is 53.9. The summed E-state index contributed by atoms with van der Waals surface area (Å²) in [6.07, 6.45) is 69.3. The minimum Gasteiger partial charge on any atom is -0.462 e. The molecule has 0 aliphatic rings. The van der Waals surface area contributed by atoms with Crippen LogP contribution in [0.5, 0.6) is 0 Å². The van der Waals surface area contributed by atoms with Gasteiger partial charge in [0.15, 0.2) is 6.10 Å². The summed E-state index contributed by atoms with van der Waals surface area (Å²) in [7, 11) is 0. The van der Waals surface area contributed by atoms with Crippen molar-refractivity contribution >= 4 is 17.9 Å². The highest BCUT2D eigenvalue weighted by atomic mass is 16.6. The SMILES string of the molecule is CC/C=C\C/C=C\C/C=C\CCCCCC(=O)OC(COC(=O)CCCCCCCCCCCCC/C=C\C/C=C\CCCCCCC)COC(=O)CCCCCCCCCCCCCCC. The number of hydrogen-bond acceptors (Lipinski definition) is 6. The zero-order chi connectivity index (χ0) is 48.6. The first-order chi connectivity index (χ1) is 33.0. The van der Waals surface area contributed by atoms with Gasteiger partial charge in [0.1, 0.15) is 13.2 Å². The molecular weight excluding hydrogens is 829 g/mol. The summed E-state index contributed by atoms with van der Waals surface area (Å²) < 4.78 is 16.8. The lowest BCUT2D eigenvalue weighted by molar-refractivity contribution is -0.167. The van der Waals surface area contributed by atoms with E-state index in [-0.39, 0.29) is 31.1 Å². The lowest BCUT2D eigenvalue weighted by atomic mass is 10.0. The molecule has 0 rings (SSSR count). The van der Waals surface area contributed by atoms with Gasteiger partial charge in [-0.25, -0.2) is 0 Å². The first-order valence-corrected chi connectivity index (χ1v) is 28.8. The molecule has 0 spiro atoms. The fraction of sp³-hybridized carbons (Fsp3) is 0.787. The predicted octanol–water partition coefficient (Wildman–Crippen LogP) is 19.2. The van der Waals surface area contributed by atoms with Gasteiger partial charge >= 0.3 is 17.9 Å². The van der Waals surface area contributed by atoms with E-state index in [0.29, 0.717) is 19.3 Å². The van der Waals surface area contributed by atoms with Gasteiger partial charge in [0.2, 0.25) is 0 Å². The Hall–Kier alpha value is -2.89. The smallest absolute Gasteiger partial charge is 0.306 e. The van der Waals surface area contributed by atoms with Gasteiger partial charge in [0, 0.05) is 19.3 Å². The number of rotatable bonds is 52. The summed E-state index contributed by atoms with van der Waals surface area (Å²) in [5.41, 5.74) is 0. The second-order valence-electron chi connectivity index (χ2n) is 19.2. The molecule has 0 bridgehead atoms. The molecule has 6 heteroatoms. The van der Waals surface area contributed by atoms with Crippen LogP contribution in [-0.2, 0) is 28.6 Å². The molecule has 0 heterocycles. The predicted molar refractivity (Wildman–Crippen MR) is 288 cm³/mol. The largest absolute Gasteiger partial charge is 0.462 e. The van der Waals surface area contributed by atoms with E-state index in [9.17, 15) is 14.4 Å². The molecule has 1 unspecified atom stereocenters. The van der Waals surface area contributed by atoms with Gasteiger partial charge in [0.05, 0.1) is 0 Å². The maximum absolute atomic E-state index is 12.8. The Balaban J connectivity index is 4.29. The van der Waals surface area contributed by atoms with Crippen molar-refractivity contribution in [2.24, 2.45) is 0 Å². The average Bonchev–Trinajstić information content (AvgIpc) is 3.33. The number of allylic oxidation sites excluding steroid dienone is 10. The van der Waals surface area contributed by atoms with E-state index in [1.54, 1.807) is 0 Å². The van der Waals surface area contributed by atoms with Crippen LogP contribution in [0.25, 0.3) is 0 Å². The Kier molecular flexibility index (Phi) is 53.3. The van der Waals surface area contributed by atoms with Gasteiger partial charge in [-0.1, -0.05) is 248 Å². The third-order valence-corrected chi connectivity index (χ3v) is 12.5. The third-order valence-electron chi connectivity index (χ3n) is 12.5. The molecule has 0 fully saturated rings. The lowest BCUT2D eigenvalue weighted by Crippen LogP contribution is -2.30. The molecule has 0 N–H and O–H groups in total. The summed E-state index contributed by atoms with van der Waals surface area (Å²) in [6, 6.07) is 0. The first kappa shape index (κ1) is 64.1. The number of carbonyl (C=O) groups is 3. The zero-order valence-electron chi connectivity index (χ0n) is 44.4. The zero-order valence-corrected chi connectivity index (χ0v) is 44.4. The molecule has 0 aliphatic heterocycles. The quantitative estimate of drug-likeness (QED) is 0.0262. The summed E-state index contributed by atoms with van der Waals surface area (Å²) >= 11 is 0. The fourth-order valence-corrected chi connectivity index (χ4v) is 8.19. The number of carbonyl (C=O) groups excluding carboxylic acids is 3. The standard InChI is InChI=1S/C61H108O6/c1-4-7-10-13-16-19-22-25-26-27-28-29-30-31-32-33-34-37-39-42-45-48-51-54-60(63)66-57-58(67-61(64)55-52-49-46-43-40-36-24-21-18-15-12-9-6-3)56-65-59(62)53-50-47-44-41-38-35-23-20-17-14-11-8-5-2/h9,12,18,21-22,25,27-28,36,40,58H,4-8,10-11,13-17,19-20,23-24,26,29-35,37-39,41-57H2,1-3H3/b12-9-,21-18-,25-22-,28-27-,40-36-. The van der Waals surface area contributed by atoms with Gasteiger partial charge < -0.3 is 14.2 Å². The Morgan fingerprint density at radius 2 is 0.582 bits per heavy atom. The van der Waals surface area contributed by atoms with Crippen molar-refractivity contribution in [2.45, 2.75) is 297 Å². The maximum Gasteiger partial charge on any atom is 0.306 e. The molecule has 388 valence electrons. The van der Waals surface area contributed by atoms with Crippen LogP contribution in [0.4, 0.5) is 0 Å². The Bertz CT molecular complexity index is 1210. The van der Waals surface area contributed by atoms with Crippen molar-refractivity contribution in [3.8, 4) is 0 Å². The van der Waals surface area contributed by atoms with Gasteiger partial charge in [0.25, 0.3) is 0 Å².